The summed E-state index contributed by atoms with van der Waals surface area (Å²) < 4.78 is 11.3. The number of nitrogens with zero attached hydrogens (tertiary/aromatic N) is 2. The highest BCUT2D eigenvalue weighted by Gasteiger charge is 2.20. The molecule has 1 aromatic heterocycles. The Morgan fingerprint density at radius 3 is 2.79 bits per heavy atom. The first-order chi connectivity index (χ1) is 13.8. The third-order valence-electron chi connectivity index (χ3n) is 5.73. The number of furan rings is 1. The molecule has 0 bridgehead atoms. The number of piperidine rings is 1. The van der Waals surface area contributed by atoms with E-state index in [1.807, 2.05) is 12.1 Å². The van der Waals surface area contributed by atoms with E-state index in [0.717, 1.165) is 44.3 Å². The minimum atomic E-state index is 0. The van der Waals surface area contributed by atoms with Gasteiger partial charge in [-0.3, -0.25) is 4.99 Å². The van der Waals surface area contributed by atoms with Gasteiger partial charge in [0.25, 0.3) is 0 Å². The van der Waals surface area contributed by atoms with Crippen molar-refractivity contribution < 1.29 is 9.15 Å². The molecule has 7 heteroatoms. The number of rotatable bonds is 9. The van der Waals surface area contributed by atoms with Crippen LogP contribution in [0.25, 0.3) is 0 Å². The van der Waals surface area contributed by atoms with Crippen molar-refractivity contribution in [1.29, 1.82) is 0 Å². The van der Waals surface area contributed by atoms with Gasteiger partial charge in [-0.1, -0.05) is 13.3 Å². The number of unbranched alkanes of at least 4 members (excludes halogenated alkanes) is 1. The fourth-order valence-electron chi connectivity index (χ4n) is 3.93. The largest absolute Gasteiger partial charge is 0.469 e. The van der Waals surface area contributed by atoms with Crippen LogP contribution in [0, 0.1) is 0 Å². The van der Waals surface area contributed by atoms with E-state index in [9.17, 15) is 0 Å². The fraction of sp³-hybridized carbons (Fsp3) is 0.773. The van der Waals surface area contributed by atoms with Crippen LogP contribution in [0.5, 0.6) is 0 Å². The number of nitrogens with one attached hydrogen (secondary N) is 2. The number of aliphatic imine (C=N–C) groups is 1. The van der Waals surface area contributed by atoms with Gasteiger partial charge < -0.3 is 24.7 Å². The quantitative estimate of drug-likeness (QED) is 0.296. The lowest BCUT2D eigenvalue weighted by Gasteiger charge is -2.33. The summed E-state index contributed by atoms with van der Waals surface area (Å²) in [5.41, 5.74) is 0. The molecule has 29 heavy (non-hydrogen) atoms. The average Bonchev–Trinajstić information content (AvgIpc) is 3.25. The third kappa shape index (κ3) is 9.26. The van der Waals surface area contributed by atoms with Crippen molar-refractivity contribution in [3.63, 3.8) is 0 Å². The molecule has 1 aromatic rings. The van der Waals surface area contributed by atoms with Gasteiger partial charge in [0.05, 0.1) is 18.9 Å². The molecule has 2 aliphatic heterocycles. The molecule has 0 saturated carbocycles. The Labute approximate surface area is 193 Å². The van der Waals surface area contributed by atoms with Crippen molar-refractivity contribution in [2.45, 2.75) is 70.4 Å². The maximum Gasteiger partial charge on any atom is 0.191 e. The first kappa shape index (κ1) is 24.5. The van der Waals surface area contributed by atoms with Crippen molar-refractivity contribution in [2.75, 3.05) is 39.3 Å². The van der Waals surface area contributed by atoms with Gasteiger partial charge >= 0.3 is 0 Å². The van der Waals surface area contributed by atoms with E-state index in [2.05, 4.69) is 22.5 Å². The zero-order chi connectivity index (χ0) is 19.4. The molecule has 2 aliphatic rings. The number of hydrogen-bond donors (Lipinski definition) is 2. The Morgan fingerprint density at radius 1 is 1.24 bits per heavy atom. The highest BCUT2D eigenvalue weighted by Crippen LogP contribution is 2.13. The summed E-state index contributed by atoms with van der Waals surface area (Å²) in [4.78, 5) is 7.45. The number of hydrogen-bond acceptors (Lipinski definition) is 4. The van der Waals surface area contributed by atoms with E-state index >= 15 is 0 Å². The molecule has 0 aliphatic carbocycles. The van der Waals surface area contributed by atoms with Gasteiger partial charge in [-0.2, -0.15) is 0 Å². The second-order valence-electron chi connectivity index (χ2n) is 8.05. The molecule has 6 nitrogen and oxygen atoms in total. The standard InChI is InChI=1S/C22H38N4O2.HI/c1-2-3-13-26-14-10-19(11-15-26)25-22(23-12-9-20-8-6-17-27-20)24-18-21-7-4-5-16-28-21;/h6,8,17,19,21H,2-5,7,9-16,18H2,1H3,(H2,23,24,25);1H. The van der Waals surface area contributed by atoms with E-state index in [0.29, 0.717) is 6.04 Å². The van der Waals surface area contributed by atoms with Gasteiger partial charge in [-0.05, 0) is 57.2 Å². The van der Waals surface area contributed by atoms with Crippen LogP contribution in [0.2, 0.25) is 0 Å². The van der Waals surface area contributed by atoms with Crippen LogP contribution in [-0.2, 0) is 11.2 Å². The predicted octanol–water partition coefficient (Wildman–Crippen LogP) is 3.81. The SMILES string of the molecule is CCCCN1CCC(NC(=NCC2CCCCO2)NCCc2ccco2)CC1.I. The van der Waals surface area contributed by atoms with Crippen LogP contribution in [-0.4, -0.2) is 62.3 Å². The fourth-order valence-corrected chi connectivity index (χ4v) is 3.93. The molecule has 3 rings (SSSR count). The molecule has 0 spiro atoms. The Balaban J connectivity index is 0.00000300. The van der Waals surface area contributed by atoms with Crippen molar-refractivity contribution >= 4 is 29.9 Å². The van der Waals surface area contributed by atoms with Gasteiger partial charge in [0, 0.05) is 38.7 Å². The topological polar surface area (TPSA) is 62.0 Å². The lowest BCUT2D eigenvalue weighted by atomic mass is 10.0. The van der Waals surface area contributed by atoms with Crippen molar-refractivity contribution in [1.82, 2.24) is 15.5 Å². The van der Waals surface area contributed by atoms with Gasteiger partial charge in [0.1, 0.15) is 5.76 Å². The van der Waals surface area contributed by atoms with E-state index in [1.165, 1.54) is 58.2 Å². The van der Waals surface area contributed by atoms with E-state index < -0.39 is 0 Å². The summed E-state index contributed by atoms with van der Waals surface area (Å²) in [5, 5.41) is 7.18. The Hall–Kier alpha value is -0.800. The average molecular weight is 518 g/mol. The van der Waals surface area contributed by atoms with Gasteiger partial charge in [0.2, 0.25) is 0 Å². The highest BCUT2D eigenvalue weighted by molar-refractivity contribution is 14.0. The molecule has 3 heterocycles. The molecular formula is C22H39IN4O2. The van der Waals surface area contributed by atoms with E-state index in [4.69, 9.17) is 14.1 Å². The molecular weight excluding hydrogens is 479 g/mol. The Bertz CT molecular complexity index is 553. The first-order valence-corrected chi connectivity index (χ1v) is 11.2. The molecule has 0 radical (unpaired) electrons. The van der Waals surface area contributed by atoms with E-state index in [1.54, 1.807) is 6.26 Å². The molecule has 2 N–H and O–H groups in total. The summed E-state index contributed by atoms with van der Waals surface area (Å²) in [5.74, 6) is 1.93. The third-order valence-corrected chi connectivity index (χ3v) is 5.73. The van der Waals surface area contributed by atoms with Crippen LogP contribution in [0.3, 0.4) is 0 Å². The normalized spacial score (nSPS) is 21.6. The monoisotopic (exact) mass is 518 g/mol. The lowest BCUT2D eigenvalue weighted by Crippen LogP contribution is -2.49. The van der Waals surface area contributed by atoms with Gasteiger partial charge in [0.15, 0.2) is 5.96 Å². The zero-order valence-electron chi connectivity index (χ0n) is 17.9. The van der Waals surface area contributed by atoms with Gasteiger partial charge in [-0.15, -0.1) is 24.0 Å². The van der Waals surface area contributed by atoms with Crippen LogP contribution in [0.15, 0.2) is 27.8 Å². The van der Waals surface area contributed by atoms with Crippen LogP contribution < -0.4 is 10.6 Å². The lowest BCUT2D eigenvalue weighted by molar-refractivity contribution is 0.0224. The minimum Gasteiger partial charge on any atom is -0.469 e. The van der Waals surface area contributed by atoms with Crippen LogP contribution in [0.1, 0.15) is 57.6 Å². The Kier molecular flexibility index (Phi) is 12.0. The number of ether oxygens (including phenoxy) is 1. The highest BCUT2D eigenvalue weighted by atomic mass is 127. The summed E-state index contributed by atoms with van der Waals surface area (Å²) in [6.07, 6.45) is 11.4. The molecule has 1 unspecified atom stereocenters. The number of likely N-dealkylation sites (tertiary alicyclic amines) is 1. The molecule has 0 aromatic carbocycles. The molecule has 166 valence electrons. The van der Waals surface area contributed by atoms with Crippen LogP contribution >= 0.6 is 24.0 Å². The molecule has 2 fully saturated rings. The zero-order valence-corrected chi connectivity index (χ0v) is 20.2. The number of guanidine groups is 1. The van der Waals surface area contributed by atoms with Gasteiger partial charge in [-0.25, -0.2) is 0 Å². The summed E-state index contributed by atoms with van der Waals surface area (Å²) >= 11 is 0. The molecule has 1 atom stereocenters. The van der Waals surface area contributed by atoms with Crippen molar-refractivity contribution in [3.05, 3.63) is 24.2 Å². The first-order valence-electron chi connectivity index (χ1n) is 11.2. The minimum absolute atomic E-state index is 0. The van der Waals surface area contributed by atoms with Crippen LogP contribution in [0.4, 0.5) is 0 Å². The predicted molar refractivity (Wildman–Crippen MR) is 129 cm³/mol. The second-order valence-corrected chi connectivity index (χ2v) is 8.05. The Morgan fingerprint density at radius 2 is 2.10 bits per heavy atom. The summed E-state index contributed by atoms with van der Waals surface area (Å²) in [7, 11) is 0. The van der Waals surface area contributed by atoms with Crippen molar-refractivity contribution in [2.24, 2.45) is 4.99 Å². The maximum atomic E-state index is 5.85. The summed E-state index contributed by atoms with van der Waals surface area (Å²) in [6, 6.07) is 4.46. The number of halogens is 1. The van der Waals surface area contributed by atoms with E-state index in [-0.39, 0.29) is 30.1 Å². The maximum absolute atomic E-state index is 5.85. The summed E-state index contributed by atoms with van der Waals surface area (Å²) in [6.45, 7) is 8.31. The molecule has 0 amide bonds. The second kappa shape index (κ2) is 14.2. The molecule has 2 saturated heterocycles. The van der Waals surface area contributed by atoms with Crippen molar-refractivity contribution in [3.8, 4) is 0 Å². The smallest absolute Gasteiger partial charge is 0.191 e.